The topological polar surface area (TPSA) is 39.2 Å². The maximum absolute atomic E-state index is 11.3. The first-order chi connectivity index (χ1) is 5.96. The van der Waals surface area contributed by atoms with Gasteiger partial charge in [-0.15, -0.1) is 11.3 Å². The van der Waals surface area contributed by atoms with Crippen LogP contribution in [0.1, 0.15) is 36.1 Å². The van der Waals surface area contributed by atoms with Gasteiger partial charge in [-0.2, -0.15) is 0 Å². The monoisotopic (exact) mass is 199 g/mol. The van der Waals surface area contributed by atoms with Crippen molar-refractivity contribution in [1.29, 1.82) is 0 Å². The first-order valence-electron chi connectivity index (χ1n) is 3.99. The van der Waals surface area contributed by atoms with E-state index in [1.54, 1.807) is 5.51 Å². The summed E-state index contributed by atoms with van der Waals surface area (Å²) in [6.45, 7) is 6.07. The van der Waals surface area contributed by atoms with Gasteiger partial charge in [0.05, 0.1) is 18.3 Å². The number of ether oxygens (including phenoxy) is 1. The quantitative estimate of drug-likeness (QED) is 0.651. The Morgan fingerprint density at radius 3 is 2.62 bits per heavy atom. The van der Waals surface area contributed by atoms with Crippen LogP contribution in [0.5, 0.6) is 0 Å². The molecule has 3 nitrogen and oxygen atoms in total. The number of carbonyl (C=O) groups excluding carboxylic acids is 1. The van der Waals surface area contributed by atoms with Crippen LogP contribution in [-0.2, 0) is 10.2 Å². The van der Waals surface area contributed by atoms with Crippen LogP contribution in [0, 0.1) is 0 Å². The van der Waals surface area contributed by atoms with Gasteiger partial charge in [0.2, 0.25) is 0 Å². The summed E-state index contributed by atoms with van der Waals surface area (Å²) in [5.41, 5.74) is 2.38. The van der Waals surface area contributed by atoms with Crippen LogP contribution >= 0.6 is 11.3 Å². The first kappa shape index (κ1) is 10.2. The molecule has 0 aliphatic heterocycles. The summed E-state index contributed by atoms with van der Waals surface area (Å²) < 4.78 is 4.66. The SMILES string of the molecule is COC(=O)c1scnc1C(C)(C)C. The Morgan fingerprint density at radius 2 is 2.15 bits per heavy atom. The maximum atomic E-state index is 11.3. The zero-order chi connectivity index (χ0) is 10.1. The van der Waals surface area contributed by atoms with Crippen molar-refractivity contribution in [3.8, 4) is 0 Å². The Hall–Kier alpha value is -0.900. The minimum Gasteiger partial charge on any atom is -0.465 e. The van der Waals surface area contributed by atoms with E-state index in [1.807, 2.05) is 20.8 Å². The summed E-state index contributed by atoms with van der Waals surface area (Å²) in [7, 11) is 1.38. The van der Waals surface area contributed by atoms with Crippen LogP contribution in [0.25, 0.3) is 0 Å². The van der Waals surface area contributed by atoms with Gasteiger partial charge >= 0.3 is 5.97 Å². The second-order valence-corrected chi connectivity index (χ2v) is 4.63. The predicted molar refractivity (Wildman–Crippen MR) is 52.2 cm³/mol. The van der Waals surface area contributed by atoms with E-state index in [9.17, 15) is 4.79 Å². The Kier molecular flexibility index (Phi) is 2.71. The van der Waals surface area contributed by atoms with Gasteiger partial charge in [0.1, 0.15) is 4.88 Å². The molecule has 0 fully saturated rings. The molecule has 1 aromatic heterocycles. The van der Waals surface area contributed by atoms with Crippen molar-refractivity contribution in [2.24, 2.45) is 0 Å². The average Bonchev–Trinajstić information content (AvgIpc) is 2.49. The van der Waals surface area contributed by atoms with Gasteiger partial charge in [-0.3, -0.25) is 0 Å². The molecule has 0 aliphatic carbocycles. The molecule has 4 heteroatoms. The van der Waals surface area contributed by atoms with E-state index in [0.717, 1.165) is 5.69 Å². The van der Waals surface area contributed by atoms with E-state index < -0.39 is 0 Å². The zero-order valence-corrected chi connectivity index (χ0v) is 9.07. The third-order valence-corrected chi connectivity index (χ3v) is 2.46. The van der Waals surface area contributed by atoms with Gasteiger partial charge in [0.25, 0.3) is 0 Å². The highest BCUT2D eigenvalue weighted by atomic mass is 32.1. The fourth-order valence-electron chi connectivity index (χ4n) is 1.02. The van der Waals surface area contributed by atoms with Crippen LogP contribution < -0.4 is 0 Å². The Balaban J connectivity index is 3.10. The Bertz CT molecular complexity index is 312. The normalized spacial score (nSPS) is 11.4. The van der Waals surface area contributed by atoms with Gasteiger partial charge in [-0.1, -0.05) is 20.8 Å². The van der Waals surface area contributed by atoms with Crippen molar-refractivity contribution in [3.05, 3.63) is 16.1 Å². The van der Waals surface area contributed by atoms with Gasteiger partial charge < -0.3 is 4.74 Å². The molecule has 0 spiro atoms. The van der Waals surface area contributed by atoms with Crippen molar-refractivity contribution in [3.63, 3.8) is 0 Å². The van der Waals surface area contributed by atoms with Gasteiger partial charge in [-0.25, -0.2) is 9.78 Å². The molecular weight excluding hydrogens is 186 g/mol. The molecule has 1 aromatic rings. The van der Waals surface area contributed by atoms with Crippen LogP contribution in [-0.4, -0.2) is 18.1 Å². The Labute approximate surface area is 81.8 Å². The fraction of sp³-hybridized carbons (Fsp3) is 0.556. The highest BCUT2D eigenvalue weighted by Gasteiger charge is 2.25. The molecule has 0 atom stereocenters. The third kappa shape index (κ3) is 2.06. The molecule has 0 bridgehead atoms. The van der Waals surface area contributed by atoms with E-state index in [2.05, 4.69) is 9.72 Å². The number of hydrogen-bond donors (Lipinski definition) is 0. The predicted octanol–water partition coefficient (Wildman–Crippen LogP) is 2.23. The highest BCUT2D eigenvalue weighted by Crippen LogP contribution is 2.27. The third-order valence-electron chi connectivity index (χ3n) is 1.65. The summed E-state index contributed by atoms with van der Waals surface area (Å²) in [5.74, 6) is -0.299. The molecule has 13 heavy (non-hydrogen) atoms. The van der Waals surface area contributed by atoms with Crippen molar-refractivity contribution < 1.29 is 9.53 Å². The number of methoxy groups -OCH3 is 1. The fourth-order valence-corrected chi connectivity index (χ4v) is 1.93. The van der Waals surface area contributed by atoms with Crippen molar-refractivity contribution in [1.82, 2.24) is 4.98 Å². The summed E-state index contributed by atoms with van der Waals surface area (Å²) in [5, 5.41) is 0. The lowest BCUT2D eigenvalue weighted by Crippen LogP contribution is -2.16. The molecule has 0 amide bonds. The molecule has 0 N–H and O–H groups in total. The molecule has 1 rings (SSSR count). The maximum Gasteiger partial charge on any atom is 0.349 e. The molecular formula is C9H13NO2S. The lowest BCUT2D eigenvalue weighted by atomic mass is 9.91. The summed E-state index contributed by atoms with van der Waals surface area (Å²) in [4.78, 5) is 16.1. The van der Waals surface area contributed by atoms with Gasteiger partial charge in [0.15, 0.2) is 0 Å². The van der Waals surface area contributed by atoms with Gasteiger partial charge in [-0.05, 0) is 0 Å². The molecule has 72 valence electrons. The van der Waals surface area contributed by atoms with E-state index in [1.165, 1.54) is 18.4 Å². The molecule has 0 saturated carbocycles. The number of hydrogen-bond acceptors (Lipinski definition) is 4. The number of esters is 1. The van der Waals surface area contributed by atoms with Crippen LogP contribution in [0.2, 0.25) is 0 Å². The van der Waals surface area contributed by atoms with Crippen molar-refractivity contribution >= 4 is 17.3 Å². The van der Waals surface area contributed by atoms with Crippen LogP contribution in [0.15, 0.2) is 5.51 Å². The first-order valence-corrected chi connectivity index (χ1v) is 4.87. The van der Waals surface area contributed by atoms with Crippen molar-refractivity contribution in [2.75, 3.05) is 7.11 Å². The second-order valence-electron chi connectivity index (χ2n) is 3.77. The van der Waals surface area contributed by atoms with Crippen LogP contribution in [0.3, 0.4) is 0 Å². The second kappa shape index (κ2) is 3.46. The van der Waals surface area contributed by atoms with E-state index >= 15 is 0 Å². The lowest BCUT2D eigenvalue weighted by Gasteiger charge is -2.16. The minimum absolute atomic E-state index is 0.108. The largest absolute Gasteiger partial charge is 0.465 e. The molecule has 0 radical (unpaired) electrons. The lowest BCUT2D eigenvalue weighted by molar-refractivity contribution is 0.0603. The number of thiazole rings is 1. The number of carbonyl (C=O) groups is 1. The van der Waals surface area contributed by atoms with Gasteiger partial charge in [0, 0.05) is 5.41 Å². The number of nitrogens with zero attached hydrogens (tertiary/aromatic N) is 1. The highest BCUT2D eigenvalue weighted by molar-refractivity contribution is 7.11. The summed E-state index contributed by atoms with van der Waals surface area (Å²) in [6, 6.07) is 0. The standard InChI is InChI=1S/C9H13NO2S/c1-9(2,3)7-6(8(11)12-4)13-5-10-7/h5H,1-4H3. The molecule has 0 unspecified atom stereocenters. The van der Waals surface area contributed by atoms with Crippen molar-refractivity contribution in [2.45, 2.75) is 26.2 Å². The van der Waals surface area contributed by atoms with E-state index in [-0.39, 0.29) is 11.4 Å². The molecule has 0 aliphatic rings. The Morgan fingerprint density at radius 1 is 1.54 bits per heavy atom. The van der Waals surface area contributed by atoms with E-state index in [0.29, 0.717) is 4.88 Å². The summed E-state index contributed by atoms with van der Waals surface area (Å²) >= 11 is 1.32. The summed E-state index contributed by atoms with van der Waals surface area (Å²) in [6.07, 6.45) is 0. The van der Waals surface area contributed by atoms with E-state index in [4.69, 9.17) is 0 Å². The number of aromatic nitrogens is 1. The molecule has 1 heterocycles. The molecule has 0 saturated heterocycles. The smallest absolute Gasteiger partial charge is 0.349 e. The zero-order valence-electron chi connectivity index (χ0n) is 8.25. The molecule has 0 aromatic carbocycles. The average molecular weight is 199 g/mol. The van der Waals surface area contributed by atoms with Crippen LogP contribution in [0.4, 0.5) is 0 Å². The number of rotatable bonds is 1. The minimum atomic E-state index is -0.299.